The highest BCUT2D eigenvalue weighted by Crippen LogP contribution is 2.28. The summed E-state index contributed by atoms with van der Waals surface area (Å²) >= 11 is 1.42. The van der Waals surface area contributed by atoms with Gasteiger partial charge < -0.3 is 5.73 Å². The predicted molar refractivity (Wildman–Crippen MR) is 43.4 cm³/mol. The molecule has 60 valence electrons. The molecular formula is C7H9FN2S. The lowest BCUT2D eigenvalue weighted by atomic mass is 10.0. The second-order valence-corrected chi connectivity index (χ2v) is 3.88. The van der Waals surface area contributed by atoms with E-state index in [1.54, 1.807) is 0 Å². The number of hydrogen-bond donors (Lipinski definition) is 1. The average molecular weight is 172 g/mol. The van der Waals surface area contributed by atoms with E-state index in [1.807, 2.05) is 0 Å². The molecule has 1 atom stereocenters. The largest absolute Gasteiger partial charge is 0.375 e. The molecule has 1 aromatic heterocycles. The van der Waals surface area contributed by atoms with Crippen molar-refractivity contribution in [2.75, 3.05) is 5.73 Å². The van der Waals surface area contributed by atoms with Crippen molar-refractivity contribution in [2.45, 2.75) is 25.4 Å². The van der Waals surface area contributed by atoms with Crippen molar-refractivity contribution in [1.29, 1.82) is 0 Å². The molecule has 2 nitrogen and oxygen atoms in total. The van der Waals surface area contributed by atoms with Gasteiger partial charge in [0.25, 0.3) is 0 Å². The molecule has 0 fully saturated rings. The Morgan fingerprint density at radius 1 is 1.64 bits per heavy atom. The van der Waals surface area contributed by atoms with Crippen LogP contribution in [0.3, 0.4) is 0 Å². The fraction of sp³-hybridized carbons (Fsp3) is 0.571. The van der Waals surface area contributed by atoms with Gasteiger partial charge in [0.05, 0.1) is 5.69 Å². The number of aromatic nitrogens is 1. The van der Waals surface area contributed by atoms with Crippen LogP contribution in [0.1, 0.15) is 17.0 Å². The van der Waals surface area contributed by atoms with E-state index in [0.29, 0.717) is 18.0 Å². The Hall–Kier alpha value is -0.640. The SMILES string of the molecule is Nc1nc2c(s1)CC(F)CC2. The number of rotatable bonds is 0. The van der Waals surface area contributed by atoms with Gasteiger partial charge in [-0.3, -0.25) is 0 Å². The molecule has 11 heavy (non-hydrogen) atoms. The van der Waals surface area contributed by atoms with Crippen LogP contribution in [0.25, 0.3) is 0 Å². The van der Waals surface area contributed by atoms with Gasteiger partial charge in [0.1, 0.15) is 6.17 Å². The molecule has 0 aliphatic heterocycles. The van der Waals surface area contributed by atoms with Crippen molar-refractivity contribution in [2.24, 2.45) is 0 Å². The van der Waals surface area contributed by atoms with Gasteiger partial charge in [0, 0.05) is 11.3 Å². The highest BCUT2D eigenvalue weighted by Gasteiger charge is 2.20. The number of nitrogens with zero attached hydrogens (tertiary/aromatic N) is 1. The van der Waals surface area contributed by atoms with Gasteiger partial charge in [-0.25, -0.2) is 9.37 Å². The summed E-state index contributed by atoms with van der Waals surface area (Å²) in [5.41, 5.74) is 6.50. The van der Waals surface area contributed by atoms with Crippen LogP contribution in [-0.4, -0.2) is 11.2 Å². The number of halogens is 1. The van der Waals surface area contributed by atoms with Crippen molar-refractivity contribution in [3.05, 3.63) is 10.6 Å². The van der Waals surface area contributed by atoms with E-state index in [9.17, 15) is 4.39 Å². The van der Waals surface area contributed by atoms with Crippen molar-refractivity contribution in [3.8, 4) is 0 Å². The van der Waals surface area contributed by atoms with E-state index in [4.69, 9.17) is 5.73 Å². The van der Waals surface area contributed by atoms with E-state index in [0.717, 1.165) is 17.0 Å². The molecule has 1 aliphatic carbocycles. The fourth-order valence-electron chi connectivity index (χ4n) is 1.35. The van der Waals surface area contributed by atoms with Crippen LogP contribution in [-0.2, 0) is 12.8 Å². The molecule has 1 heterocycles. The van der Waals surface area contributed by atoms with Crippen LogP contribution in [0, 0.1) is 0 Å². The molecule has 1 aromatic rings. The Labute approximate surface area is 68.3 Å². The Morgan fingerprint density at radius 2 is 2.45 bits per heavy atom. The first-order valence-electron chi connectivity index (χ1n) is 3.64. The third kappa shape index (κ3) is 1.22. The number of thiazole rings is 1. The number of alkyl halides is 1. The quantitative estimate of drug-likeness (QED) is 0.645. The first-order valence-corrected chi connectivity index (χ1v) is 4.45. The summed E-state index contributed by atoms with van der Waals surface area (Å²) in [6, 6.07) is 0. The number of anilines is 1. The standard InChI is InChI=1S/C7H9FN2S/c8-4-1-2-5-6(3-4)11-7(9)10-5/h4H,1-3H2,(H2,9,10). The van der Waals surface area contributed by atoms with Crippen LogP contribution in [0.15, 0.2) is 0 Å². The summed E-state index contributed by atoms with van der Waals surface area (Å²) in [5.74, 6) is 0. The Kier molecular flexibility index (Phi) is 1.56. The molecular weight excluding hydrogens is 163 g/mol. The predicted octanol–water partition coefficient (Wildman–Crippen LogP) is 1.55. The van der Waals surface area contributed by atoms with Gasteiger partial charge in [0.15, 0.2) is 5.13 Å². The van der Waals surface area contributed by atoms with Gasteiger partial charge >= 0.3 is 0 Å². The van der Waals surface area contributed by atoms with Crippen LogP contribution in [0.2, 0.25) is 0 Å². The number of hydrogen-bond acceptors (Lipinski definition) is 3. The summed E-state index contributed by atoms with van der Waals surface area (Å²) in [5, 5.41) is 0.573. The first-order chi connectivity index (χ1) is 5.25. The van der Waals surface area contributed by atoms with Crippen LogP contribution < -0.4 is 5.73 Å². The minimum absolute atomic E-state index is 0.518. The fourth-order valence-corrected chi connectivity index (χ4v) is 2.29. The van der Waals surface area contributed by atoms with Gasteiger partial charge in [-0.2, -0.15) is 0 Å². The first kappa shape index (κ1) is 7.03. The zero-order valence-electron chi connectivity index (χ0n) is 6.01. The summed E-state index contributed by atoms with van der Waals surface area (Å²) in [7, 11) is 0. The van der Waals surface area contributed by atoms with E-state index in [-0.39, 0.29) is 0 Å². The maximum Gasteiger partial charge on any atom is 0.180 e. The molecule has 0 bridgehead atoms. The van der Waals surface area contributed by atoms with Crippen molar-refractivity contribution in [1.82, 2.24) is 4.98 Å². The van der Waals surface area contributed by atoms with E-state index < -0.39 is 6.17 Å². The smallest absolute Gasteiger partial charge is 0.180 e. The summed E-state index contributed by atoms with van der Waals surface area (Å²) in [6.07, 6.45) is 1.20. The van der Waals surface area contributed by atoms with Crippen molar-refractivity contribution < 1.29 is 4.39 Å². The molecule has 0 saturated heterocycles. The summed E-state index contributed by atoms with van der Waals surface area (Å²) in [6.45, 7) is 0. The maximum atomic E-state index is 12.8. The molecule has 0 amide bonds. The minimum atomic E-state index is -0.678. The van der Waals surface area contributed by atoms with E-state index in [2.05, 4.69) is 4.98 Å². The maximum absolute atomic E-state index is 12.8. The number of aryl methyl sites for hydroxylation is 1. The average Bonchev–Trinajstić information content (AvgIpc) is 2.27. The monoisotopic (exact) mass is 172 g/mol. The lowest BCUT2D eigenvalue weighted by molar-refractivity contribution is 0.302. The molecule has 0 saturated carbocycles. The number of nitrogen functional groups attached to an aromatic ring is 1. The lowest BCUT2D eigenvalue weighted by Gasteiger charge is -2.12. The van der Waals surface area contributed by atoms with Gasteiger partial charge in [0.2, 0.25) is 0 Å². The van der Waals surface area contributed by atoms with Crippen LogP contribution >= 0.6 is 11.3 Å². The van der Waals surface area contributed by atoms with Gasteiger partial charge in [-0.1, -0.05) is 0 Å². The molecule has 0 radical (unpaired) electrons. The summed E-state index contributed by atoms with van der Waals surface area (Å²) < 4.78 is 12.8. The zero-order valence-corrected chi connectivity index (χ0v) is 6.83. The topological polar surface area (TPSA) is 38.9 Å². The third-order valence-corrected chi connectivity index (χ3v) is 2.85. The Bertz CT molecular complexity index is 271. The van der Waals surface area contributed by atoms with E-state index >= 15 is 0 Å². The summed E-state index contributed by atoms with van der Waals surface area (Å²) in [4.78, 5) is 5.16. The third-order valence-electron chi connectivity index (χ3n) is 1.90. The van der Waals surface area contributed by atoms with Gasteiger partial charge in [-0.15, -0.1) is 11.3 Å². The molecule has 0 spiro atoms. The van der Waals surface area contributed by atoms with Crippen molar-refractivity contribution in [3.63, 3.8) is 0 Å². The number of nitrogens with two attached hydrogens (primary N) is 1. The molecule has 1 aliphatic rings. The lowest BCUT2D eigenvalue weighted by Crippen LogP contribution is -2.12. The van der Waals surface area contributed by atoms with Crippen LogP contribution in [0.4, 0.5) is 9.52 Å². The normalized spacial score (nSPS) is 23.2. The van der Waals surface area contributed by atoms with Gasteiger partial charge in [-0.05, 0) is 12.8 Å². The Balaban J connectivity index is 2.34. The van der Waals surface area contributed by atoms with Crippen LogP contribution in [0.5, 0.6) is 0 Å². The molecule has 0 aromatic carbocycles. The number of fused-ring (bicyclic) bond motifs is 1. The zero-order chi connectivity index (χ0) is 7.84. The second-order valence-electron chi connectivity index (χ2n) is 2.76. The molecule has 1 unspecified atom stereocenters. The minimum Gasteiger partial charge on any atom is -0.375 e. The second kappa shape index (κ2) is 2.44. The highest BCUT2D eigenvalue weighted by atomic mass is 32.1. The Morgan fingerprint density at radius 3 is 3.27 bits per heavy atom. The van der Waals surface area contributed by atoms with E-state index in [1.165, 1.54) is 11.3 Å². The van der Waals surface area contributed by atoms with Crippen molar-refractivity contribution >= 4 is 16.5 Å². The molecule has 2 rings (SSSR count). The molecule has 4 heteroatoms. The highest BCUT2D eigenvalue weighted by molar-refractivity contribution is 7.15. The molecule has 2 N–H and O–H groups in total.